The summed E-state index contributed by atoms with van der Waals surface area (Å²) >= 11 is 0. The predicted octanol–water partition coefficient (Wildman–Crippen LogP) is -1.35. The quantitative estimate of drug-likeness (QED) is 0.321. The molecular weight excluding hydrogens is 167 g/mol. The van der Waals surface area contributed by atoms with Crippen LogP contribution in [0.2, 0.25) is 0 Å². The maximum Gasteiger partial charge on any atom is 1.00 e. The fourth-order valence-corrected chi connectivity index (χ4v) is 1.68. The Morgan fingerprint density at radius 3 is 1.93 bits per heavy atom. The van der Waals surface area contributed by atoms with E-state index in [4.69, 9.17) is 0 Å². The third-order valence-corrected chi connectivity index (χ3v) is 2.08. The molecule has 0 atom stereocenters. The van der Waals surface area contributed by atoms with E-state index in [0.29, 0.717) is 6.17 Å². The molecule has 0 unspecified atom stereocenters. The van der Waals surface area contributed by atoms with E-state index in [-0.39, 0.29) is 18.9 Å². The SMILES string of the molecule is CN(C)C(c1ccccc1)[N+](C)C.[Li+]. The largest absolute Gasteiger partial charge is 1.00 e. The molecule has 2 nitrogen and oxygen atoms in total. The van der Waals surface area contributed by atoms with E-state index >= 15 is 0 Å². The maximum absolute atomic E-state index is 2.20. The zero-order chi connectivity index (χ0) is 9.84. The van der Waals surface area contributed by atoms with Crippen molar-refractivity contribution >= 4 is 0 Å². The van der Waals surface area contributed by atoms with E-state index in [1.807, 2.05) is 6.07 Å². The van der Waals surface area contributed by atoms with Gasteiger partial charge in [-0.05, 0) is 14.1 Å². The van der Waals surface area contributed by atoms with Crippen molar-refractivity contribution < 1.29 is 18.9 Å². The van der Waals surface area contributed by atoms with Gasteiger partial charge in [-0.25, -0.2) is 0 Å². The molecule has 3 heteroatoms. The zero-order valence-electron chi connectivity index (χ0n) is 9.86. The van der Waals surface area contributed by atoms with Crippen LogP contribution in [0, 0.1) is 0 Å². The van der Waals surface area contributed by atoms with E-state index < -0.39 is 0 Å². The van der Waals surface area contributed by atoms with Gasteiger partial charge in [-0.3, -0.25) is 4.90 Å². The van der Waals surface area contributed by atoms with Crippen LogP contribution in [-0.2, 0) is 0 Å². The summed E-state index contributed by atoms with van der Waals surface area (Å²) in [4.78, 5) is 4.41. The molecule has 1 aromatic rings. The van der Waals surface area contributed by atoms with Crippen molar-refractivity contribution in [1.29, 1.82) is 0 Å². The molecule has 1 radical (unpaired) electrons. The van der Waals surface area contributed by atoms with Crippen molar-refractivity contribution in [3.8, 4) is 0 Å². The van der Waals surface area contributed by atoms with Gasteiger partial charge in [0.2, 0.25) is 6.17 Å². The molecule has 0 aliphatic rings. The second kappa shape index (κ2) is 6.26. The second-order valence-electron chi connectivity index (χ2n) is 3.71. The van der Waals surface area contributed by atoms with Crippen LogP contribution in [0.1, 0.15) is 11.7 Å². The monoisotopic (exact) mass is 185 g/mol. The summed E-state index contributed by atoms with van der Waals surface area (Å²) in [7, 11) is 8.38. The average molecular weight is 185 g/mol. The first-order valence-electron chi connectivity index (χ1n) is 4.50. The first kappa shape index (κ1) is 13.7. The standard InChI is InChI=1S/C11H18N2.Li/c1-12(2)11(13(3)4)10-8-6-5-7-9-10;/h5-9,11H,1-4H3;/q2*+1. The van der Waals surface area contributed by atoms with Gasteiger partial charge in [-0.15, -0.1) is 0 Å². The van der Waals surface area contributed by atoms with Gasteiger partial charge in [0.05, 0.1) is 0 Å². The summed E-state index contributed by atoms with van der Waals surface area (Å²) in [5.41, 5.74) is 1.33. The topological polar surface area (TPSA) is 9.14 Å². The Kier molecular flexibility index (Phi) is 6.15. The fourth-order valence-electron chi connectivity index (χ4n) is 1.68. The number of hydrogen-bond acceptors (Lipinski definition) is 2. The number of rotatable bonds is 3. The molecule has 0 aliphatic heterocycles. The normalized spacial score (nSPS) is 12.7. The molecule has 0 fully saturated rings. The van der Waals surface area contributed by atoms with Crippen molar-refractivity contribution in [3.05, 3.63) is 35.9 Å². The molecule has 0 aromatic heterocycles. The van der Waals surface area contributed by atoms with Gasteiger partial charge in [-0.2, -0.15) is 4.90 Å². The van der Waals surface area contributed by atoms with Gasteiger partial charge in [0.1, 0.15) is 14.1 Å². The number of hydrogen-bond donors (Lipinski definition) is 0. The van der Waals surface area contributed by atoms with E-state index in [1.165, 1.54) is 5.56 Å². The fraction of sp³-hybridized carbons (Fsp3) is 0.455. The molecule has 0 amide bonds. The first-order chi connectivity index (χ1) is 6.13. The molecule has 0 saturated heterocycles. The predicted molar refractivity (Wildman–Crippen MR) is 56.9 cm³/mol. The molecule has 0 heterocycles. The van der Waals surface area contributed by atoms with E-state index in [0.717, 1.165) is 0 Å². The number of nitrogens with zero attached hydrogens (tertiary/aromatic N) is 2. The minimum Gasteiger partial charge on any atom is -0.252 e. The van der Waals surface area contributed by atoms with Gasteiger partial charge < -0.3 is 0 Å². The smallest absolute Gasteiger partial charge is 0.252 e. The van der Waals surface area contributed by atoms with Crippen LogP contribution in [-0.4, -0.2) is 33.1 Å². The van der Waals surface area contributed by atoms with Crippen molar-refractivity contribution in [1.82, 2.24) is 9.80 Å². The molecule has 14 heavy (non-hydrogen) atoms. The molecule has 0 saturated carbocycles. The van der Waals surface area contributed by atoms with Crippen molar-refractivity contribution in [2.45, 2.75) is 6.17 Å². The minimum atomic E-state index is 0. The third kappa shape index (κ3) is 3.47. The van der Waals surface area contributed by atoms with Crippen LogP contribution < -0.4 is 23.8 Å². The molecule has 0 N–H and O–H groups in total. The summed E-state index contributed by atoms with van der Waals surface area (Å²) in [5.74, 6) is 0. The van der Waals surface area contributed by atoms with Gasteiger partial charge in [0, 0.05) is 5.56 Å². The zero-order valence-corrected chi connectivity index (χ0v) is 9.86. The maximum atomic E-state index is 2.20. The van der Waals surface area contributed by atoms with Crippen LogP contribution in [0.5, 0.6) is 0 Å². The summed E-state index contributed by atoms with van der Waals surface area (Å²) in [6.07, 6.45) is 0.362. The molecular formula is C11H18LiN2+2. The van der Waals surface area contributed by atoms with E-state index in [9.17, 15) is 0 Å². The van der Waals surface area contributed by atoms with Gasteiger partial charge >= 0.3 is 18.9 Å². The van der Waals surface area contributed by atoms with E-state index in [2.05, 4.69) is 62.3 Å². The number of benzene rings is 1. The summed E-state index contributed by atoms with van der Waals surface area (Å²) in [6.45, 7) is 0. The first-order valence-corrected chi connectivity index (χ1v) is 4.50. The average Bonchev–Trinajstić information content (AvgIpc) is 2.04. The van der Waals surface area contributed by atoms with E-state index in [1.54, 1.807) is 0 Å². The Hall–Kier alpha value is -0.263. The van der Waals surface area contributed by atoms with Gasteiger partial charge in [-0.1, -0.05) is 30.3 Å². The molecule has 0 spiro atoms. The molecule has 1 aromatic carbocycles. The third-order valence-electron chi connectivity index (χ3n) is 2.08. The molecule has 0 aliphatic carbocycles. The van der Waals surface area contributed by atoms with Crippen LogP contribution in [0.25, 0.3) is 0 Å². The van der Waals surface area contributed by atoms with Crippen molar-refractivity contribution in [3.63, 3.8) is 0 Å². The van der Waals surface area contributed by atoms with Crippen LogP contribution in [0.15, 0.2) is 30.3 Å². The summed E-state index contributed by atoms with van der Waals surface area (Å²) in [5, 5.41) is 0. The van der Waals surface area contributed by atoms with Crippen LogP contribution >= 0.6 is 0 Å². The van der Waals surface area contributed by atoms with Crippen molar-refractivity contribution in [2.75, 3.05) is 28.2 Å². The molecule has 71 valence electrons. The Bertz CT molecular complexity index is 239. The Balaban J connectivity index is 0.00000169. The van der Waals surface area contributed by atoms with Crippen LogP contribution in [0.4, 0.5) is 0 Å². The van der Waals surface area contributed by atoms with Gasteiger partial charge in [0.15, 0.2) is 0 Å². The summed E-state index contributed by atoms with van der Waals surface area (Å²) in [6, 6.07) is 10.5. The summed E-state index contributed by atoms with van der Waals surface area (Å²) < 4.78 is 0. The van der Waals surface area contributed by atoms with Crippen LogP contribution in [0.3, 0.4) is 0 Å². The Morgan fingerprint density at radius 2 is 1.57 bits per heavy atom. The Labute approximate surface area is 99.1 Å². The minimum absolute atomic E-state index is 0. The Morgan fingerprint density at radius 1 is 1.07 bits per heavy atom. The molecule has 1 rings (SSSR count). The molecule has 0 bridgehead atoms. The second-order valence-corrected chi connectivity index (χ2v) is 3.71. The van der Waals surface area contributed by atoms with Gasteiger partial charge in [0.25, 0.3) is 0 Å². The van der Waals surface area contributed by atoms with Crippen molar-refractivity contribution in [2.24, 2.45) is 0 Å².